The predicted molar refractivity (Wildman–Crippen MR) is 80.6 cm³/mol. The lowest BCUT2D eigenvalue weighted by Gasteiger charge is -2.37. The second-order valence-electron chi connectivity index (χ2n) is 5.27. The summed E-state index contributed by atoms with van der Waals surface area (Å²) in [5.41, 5.74) is 0.540. The maximum atomic E-state index is 12.6. The molecule has 1 fully saturated rings. The fraction of sp³-hybridized carbons (Fsp3) is 0.533. The third-order valence-electron chi connectivity index (χ3n) is 3.72. The molecule has 1 aliphatic heterocycles. The molecule has 1 aromatic carbocycles. The molecule has 1 heterocycles. The summed E-state index contributed by atoms with van der Waals surface area (Å²) in [5, 5.41) is 0.551. The Morgan fingerprint density at radius 1 is 1.25 bits per heavy atom. The average molecular weight is 297 g/mol. The minimum Gasteiger partial charge on any atom is -0.496 e. The van der Waals surface area contributed by atoms with Crippen LogP contribution >= 0.6 is 11.6 Å². The maximum absolute atomic E-state index is 12.6. The summed E-state index contributed by atoms with van der Waals surface area (Å²) in [5.74, 6) is 0.568. The van der Waals surface area contributed by atoms with Crippen molar-refractivity contribution < 1.29 is 9.53 Å². The number of halogens is 1. The predicted octanol–water partition coefficient (Wildman–Crippen LogP) is 2.51. The number of amides is 1. The molecule has 110 valence electrons. The summed E-state index contributed by atoms with van der Waals surface area (Å²) >= 11 is 5.99. The summed E-state index contributed by atoms with van der Waals surface area (Å²) < 4.78 is 5.26. The lowest BCUT2D eigenvalue weighted by Crippen LogP contribution is -2.50. The Morgan fingerprint density at radius 3 is 2.45 bits per heavy atom. The molecule has 0 bridgehead atoms. The molecule has 1 aliphatic rings. The van der Waals surface area contributed by atoms with Gasteiger partial charge in [-0.2, -0.15) is 0 Å². The van der Waals surface area contributed by atoms with Gasteiger partial charge in [-0.25, -0.2) is 0 Å². The Bertz CT molecular complexity index is 483. The van der Waals surface area contributed by atoms with Crippen LogP contribution < -0.4 is 4.74 Å². The van der Waals surface area contributed by atoms with Crippen molar-refractivity contribution in [2.24, 2.45) is 0 Å². The third-order valence-corrected chi connectivity index (χ3v) is 3.96. The van der Waals surface area contributed by atoms with Crippen LogP contribution in [0.5, 0.6) is 5.75 Å². The van der Waals surface area contributed by atoms with Crippen molar-refractivity contribution in [3.05, 3.63) is 28.8 Å². The van der Waals surface area contributed by atoms with Gasteiger partial charge in [0.25, 0.3) is 5.91 Å². The van der Waals surface area contributed by atoms with Gasteiger partial charge in [-0.1, -0.05) is 11.6 Å². The molecular formula is C15H21ClN2O2. The van der Waals surface area contributed by atoms with Gasteiger partial charge in [-0.05, 0) is 32.0 Å². The molecule has 0 N–H and O–H groups in total. The Hall–Kier alpha value is -1.26. The zero-order valence-corrected chi connectivity index (χ0v) is 13.0. The Morgan fingerprint density at radius 2 is 1.90 bits per heavy atom. The van der Waals surface area contributed by atoms with E-state index in [1.165, 1.54) is 0 Å². The highest BCUT2D eigenvalue weighted by atomic mass is 35.5. The number of carbonyl (C=O) groups excluding carboxylic acids is 1. The van der Waals surface area contributed by atoms with Gasteiger partial charge >= 0.3 is 0 Å². The number of nitrogens with zero attached hydrogens (tertiary/aromatic N) is 2. The standard InChI is InChI=1S/C15H21ClN2O2/c1-11(2)17-6-8-18(9-7-17)15(19)13-10-12(16)4-5-14(13)20-3/h4-5,10-11H,6-9H2,1-3H3. The quantitative estimate of drug-likeness (QED) is 0.859. The Balaban J connectivity index is 2.11. The summed E-state index contributed by atoms with van der Waals surface area (Å²) in [6, 6.07) is 5.67. The first-order valence-corrected chi connectivity index (χ1v) is 7.27. The molecule has 20 heavy (non-hydrogen) atoms. The minimum absolute atomic E-state index is 0.00671. The van der Waals surface area contributed by atoms with Crippen molar-refractivity contribution in [3.63, 3.8) is 0 Å². The highest BCUT2D eigenvalue weighted by molar-refractivity contribution is 6.31. The number of hydrogen-bond acceptors (Lipinski definition) is 3. The van der Waals surface area contributed by atoms with Gasteiger partial charge in [-0.15, -0.1) is 0 Å². The second kappa shape index (κ2) is 6.46. The van der Waals surface area contributed by atoms with Crippen molar-refractivity contribution >= 4 is 17.5 Å². The highest BCUT2D eigenvalue weighted by Crippen LogP contribution is 2.24. The van der Waals surface area contributed by atoms with E-state index in [-0.39, 0.29) is 5.91 Å². The normalized spacial score (nSPS) is 16.6. The molecule has 0 atom stereocenters. The van der Waals surface area contributed by atoms with Crippen LogP contribution in [0.25, 0.3) is 0 Å². The molecule has 1 saturated heterocycles. The topological polar surface area (TPSA) is 32.8 Å². The van der Waals surface area contributed by atoms with Gasteiger partial charge in [0.05, 0.1) is 12.7 Å². The molecule has 0 aromatic heterocycles. The van der Waals surface area contributed by atoms with Crippen LogP contribution in [0.15, 0.2) is 18.2 Å². The van der Waals surface area contributed by atoms with Gasteiger partial charge in [0.1, 0.15) is 5.75 Å². The number of piperazine rings is 1. The number of hydrogen-bond donors (Lipinski definition) is 0. The molecule has 4 nitrogen and oxygen atoms in total. The summed E-state index contributed by atoms with van der Waals surface area (Å²) in [4.78, 5) is 16.8. The monoisotopic (exact) mass is 296 g/mol. The Kier molecular flexibility index (Phi) is 4.89. The van der Waals surface area contributed by atoms with Crippen molar-refractivity contribution in [2.45, 2.75) is 19.9 Å². The molecule has 0 spiro atoms. The van der Waals surface area contributed by atoms with Crippen LogP contribution in [0.3, 0.4) is 0 Å². The summed E-state index contributed by atoms with van der Waals surface area (Å²) in [7, 11) is 1.57. The van der Waals surface area contributed by atoms with Crippen LogP contribution in [0.4, 0.5) is 0 Å². The van der Waals surface area contributed by atoms with Crippen molar-refractivity contribution in [1.82, 2.24) is 9.80 Å². The second-order valence-corrected chi connectivity index (χ2v) is 5.70. The lowest BCUT2D eigenvalue weighted by atomic mass is 10.1. The van der Waals surface area contributed by atoms with Gasteiger partial charge in [0, 0.05) is 37.2 Å². The third kappa shape index (κ3) is 3.25. The van der Waals surface area contributed by atoms with Crippen LogP contribution in [0.1, 0.15) is 24.2 Å². The molecule has 1 amide bonds. The van der Waals surface area contributed by atoms with Crippen LogP contribution in [0, 0.1) is 0 Å². The SMILES string of the molecule is COc1ccc(Cl)cc1C(=O)N1CCN(C(C)C)CC1. The zero-order valence-electron chi connectivity index (χ0n) is 12.2. The number of carbonyl (C=O) groups is 1. The number of ether oxygens (including phenoxy) is 1. The Labute approximate surface area is 125 Å². The number of methoxy groups -OCH3 is 1. The zero-order chi connectivity index (χ0) is 14.7. The molecule has 0 saturated carbocycles. The van der Waals surface area contributed by atoms with E-state index in [0.29, 0.717) is 22.4 Å². The number of benzene rings is 1. The largest absolute Gasteiger partial charge is 0.496 e. The smallest absolute Gasteiger partial charge is 0.257 e. The average Bonchev–Trinajstić information content (AvgIpc) is 2.46. The van der Waals surface area contributed by atoms with E-state index in [4.69, 9.17) is 16.3 Å². The van der Waals surface area contributed by atoms with E-state index in [0.717, 1.165) is 26.2 Å². The van der Waals surface area contributed by atoms with Crippen LogP contribution in [-0.4, -0.2) is 55.0 Å². The van der Waals surface area contributed by atoms with Crippen LogP contribution in [-0.2, 0) is 0 Å². The highest BCUT2D eigenvalue weighted by Gasteiger charge is 2.25. The first-order chi connectivity index (χ1) is 9.52. The summed E-state index contributed by atoms with van der Waals surface area (Å²) in [6.45, 7) is 7.66. The van der Waals surface area contributed by atoms with E-state index in [9.17, 15) is 4.79 Å². The molecule has 0 aliphatic carbocycles. The fourth-order valence-electron chi connectivity index (χ4n) is 2.46. The van der Waals surface area contributed by atoms with E-state index in [1.807, 2.05) is 4.90 Å². The molecule has 5 heteroatoms. The van der Waals surface area contributed by atoms with E-state index in [2.05, 4.69) is 18.7 Å². The molecule has 2 rings (SSSR count). The van der Waals surface area contributed by atoms with E-state index >= 15 is 0 Å². The van der Waals surface area contributed by atoms with Gasteiger partial charge in [-0.3, -0.25) is 9.69 Å². The van der Waals surface area contributed by atoms with E-state index in [1.54, 1.807) is 25.3 Å². The maximum Gasteiger partial charge on any atom is 0.257 e. The van der Waals surface area contributed by atoms with Crippen molar-refractivity contribution in [1.29, 1.82) is 0 Å². The van der Waals surface area contributed by atoms with Crippen molar-refractivity contribution in [3.8, 4) is 5.75 Å². The minimum atomic E-state index is -0.00671. The molecule has 0 unspecified atom stereocenters. The summed E-state index contributed by atoms with van der Waals surface area (Å²) in [6.07, 6.45) is 0. The molecule has 1 aromatic rings. The molecule has 0 radical (unpaired) electrons. The van der Waals surface area contributed by atoms with E-state index < -0.39 is 0 Å². The molecular weight excluding hydrogens is 276 g/mol. The first-order valence-electron chi connectivity index (χ1n) is 6.89. The van der Waals surface area contributed by atoms with Crippen LogP contribution in [0.2, 0.25) is 5.02 Å². The van der Waals surface area contributed by atoms with Crippen molar-refractivity contribution in [2.75, 3.05) is 33.3 Å². The lowest BCUT2D eigenvalue weighted by molar-refractivity contribution is 0.0592. The number of rotatable bonds is 3. The van der Waals surface area contributed by atoms with Gasteiger partial charge in [0.15, 0.2) is 0 Å². The van der Waals surface area contributed by atoms with Gasteiger partial charge < -0.3 is 9.64 Å². The first kappa shape index (κ1) is 15.1. The fourth-order valence-corrected chi connectivity index (χ4v) is 2.63. The van der Waals surface area contributed by atoms with Gasteiger partial charge in [0.2, 0.25) is 0 Å².